The van der Waals surface area contributed by atoms with Crippen molar-refractivity contribution >= 4 is 43.1 Å². The van der Waals surface area contributed by atoms with Gasteiger partial charge in [-0.05, 0) is 59.1 Å². The zero-order chi connectivity index (χ0) is 39.7. The number of H-pyrrole nitrogens is 1. The Morgan fingerprint density at radius 2 is 1.51 bits per heavy atom. The van der Waals surface area contributed by atoms with Crippen LogP contribution in [0.3, 0.4) is 0 Å². The van der Waals surface area contributed by atoms with Crippen molar-refractivity contribution in [1.29, 1.82) is 0 Å². The molecule has 2 aromatic heterocycles. The molecule has 6 rings (SSSR count). The number of methoxy groups -OCH3 is 2. The number of ether oxygens (including phenoxy) is 3. The summed E-state index contributed by atoms with van der Waals surface area (Å²) in [4.78, 5) is 37.5. The van der Waals surface area contributed by atoms with Crippen LogP contribution < -0.4 is 20.3 Å². The molecule has 5 aromatic rings. The maximum Gasteiger partial charge on any atom is 0.280 e. The number of nitrogens with zero attached hydrogens (tertiary/aromatic N) is 3. The lowest BCUT2D eigenvalue weighted by molar-refractivity contribution is -0.118. The Morgan fingerprint density at radius 3 is 2.04 bits per heavy atom. The normalized spacial score (nSPS) is 19.2. The van der Waals surface area contributed by atoms with E-state index in [1.54, 1.807) is 39.0 Å². The molecule has 14 heteroatoms. The molecule has 4 atom stereocenters. The SMILES string of the molecule is COc1ccc(C(OCC2S[C@@H](n3cnc4c(=O)[nH]c(NC(=O)C(C)C)nc43)[C@H](O[Si](C)(C)C(C)(C)C)[C@@H]2O)(c2ccccc2)c2ccc(OC)cc2)cc1. The van der Waals surface area contributed by atoms with E-state index in [1.807, 2.05) is 78.9 Å². The van der Waals surface area contributed by atoms with Crippen molar-refractivity contribution in [3.05, 3.63) is 112 Å². The lowest BCUT2D eigenvalue weighted by atomic mass is 9.80. The molecule has 3 heterocycles. The summed E-state index contributed by atoms with van der Waals surface area (Å²) >= 11 is 1.49. The first-order chi connectivity index (χ1) is 26.1. The van der Waals surface area contributed by atoms with Gasteiger partial charge in [0.25, 0.3) is 5.56 Å². The summed E-state index contributed by atoms with van der Waals surface area (Å²) in [6.07, 6.45) is -0.136. The number of hydrogen-bond donors (Lipinski definition) is 3. The number of thioether (sulfide) groups is 1. The highest BCUT2D eigenvalue weighted by atomic mass is 32.2. The third kappa shape index (κ3) is 7.96. The first-order valence-corrected chi connectivity index (χ1v) is 22.2. The van der Waals surface area contributed by atoms with Gasteiger partial charge >= 0.3 is 0 Å². The fraction of sp³-hybridized carbons (Fsp3) is 0.415. The van der Waals surface area contributed by atoms with Gasteiger partial charge in [-0.25, -0.2) is 4.98 Å². The molecule has 1 fully saturated rings. The van der Waals surface area contributed by atoms with Gasteiger partial charge in [-0.3, -0.25) is 24.5 Å². The Labute approximate surface area is 327 Å². The average molecular weight is 786 g/mol. The summed E-state index contributed by atoms with van der Waals surface area (Å²) < 4.78 is 27.1. The second-order valence-electron chi connectivity index (χ2n) is 15.6. The number of amides is 1. The number of imidazole rings is 1. The quantitative estimate of drug-likeness (QED) is 0.0833. The molecule has 3 aromatic carbocycles. The molecular formula is C41H51N5O7SSi. The third-order valence-electron chi connectivity index (χ3n) is 10.7. The summed E-state index contributed by atoms with van der Waals surface area (Å²) in [6.45, 7) is 14.4. The minimum Gasteiger partial charge on any atom is -0.497 e. The molecule has 1 unspecified atom stereocenters. The van der Waals surface area contributed by atoms with E-state index in [2.05, 4.69) is 54.1 Å². The van der Waals surface area contributed by atoms with Crippen molar-refractivity contribution in [3.8, 4) is 11.5 Å². The summed E-state index contributed by atoms with van der Waals surface area (Å²) in [6, 6.07) is 25.6. The molecule has 1 saturated heterocycles. The number of aromatic nitrogens is 4. The predicted molar refractivity (Wildman–Crippen MR) is 218 cm³/mol. The Bertz CT molecular complexity index is 2100. The van der Waals surface area contributed by atoms with E-state index < -0.39 is 42.3 Å². The van der Waals surface area contributed by atoms with Crippen molar-refractivity contribution < 1.29 is 28.5 Å². The Kier molecular flexibility index (Phi) is 11.7. The summed E-state index contributed by atoms with van der Waals surface area (Å²) in [5, 5.41) is 13.8. The zero-order valence-electron chi connectivity index (χ0n) is 32.8. The van der Waals surface area contributed by atoms with Gasteiger partial charge in [0.2, 0.25) is 11.9 Å². The number of aliphatic hydroxyl groups excluding tert-OH is 1. The van der Waals surface area contributed by atoms with Crippen molar-refractivity contribution in [2.75, 3.05) is 26.1 Å². The summed E-state index contributed by atoms with van der Waals surface area (Å²) in [5.74, 6) is 0.833. The fourth-order valence-electron chi connectivity index (χ4n) is 6.44. The van der Waals surface area contributed by atoms with Crippen LogP contribution in [0.25, 0.3) is 11.2 Å². The Hall–Kier alpha value is -4.47. The van der Waals surface area contributed by atoms with Crippen LogP contribution in [0.4, 0.5) is 5.95 Å². The lowest BCUT2D eigenvalue weighted by Gasteiger charge is -2.40. The van der Waals surface area contributed by atoms with Crippen molar-refractivity contribution in [3.63, 3.8) is 0 Å². The molecule has 0 bridgehead atoms. The molecule has 0 aliphatic carbocycles. The fourth-order valence-corrected chi connectivity index (χ4v) is 9.32. The smallest absolute Gasteiger partial charge is 0.280 e. The van der Waals surface area contributed by atoms with Crippen molar-refractivity contribution in [1.82, 2.24) is 19.5 Å². The molecule has 55 heavy (non-hydrogen) atoms. The standard InChI is InChI=1S/C41H51N5O7SSi/c1-25(2)36(48)44-39-43-35-32(37(49)45-39)42-24-46(35)38-34(53-55(8,9)40(3,4)5)33(47)31(54-38)23-52-41(26-13-11-10-12-14-26,27-15-19-29(50-6)20-16-27)28-17-21-30(51-7)22-18-28/h10-22,24-25,31,33-34,38,47H,23H2,1-9H3,(H2,43,44,45,48,49)/t31?,33-,34-,38-/m1/s1. The van der Waals surface area contributed by atoms with Gasteiger partial charge < -0.3 is 23.7 Å². The van der Waals surface area contributed by atoms with Crippen LogP contribution in [0, 0.1) is 5.92 Å². The highest BCUT2D eigenvalue weighted by molar-refractivity contribution is 8.00. The van der Waals surface area contributed by atoms with Gasteiger partial charge in [0.05, 0.1) is 38.5 Å². The highest BCUT2D eigenvalue weighted by Gasteiger charge is 2.51. The van der Waals surface area contributed by atoms with E-state index in [1.165, 1.54) is 11.8 Å². The van der Waals surface area contributed by atoms with E-state index in [-0.39, 0.29) is 40.6 Å². The number of hydrogen-bond acceptors (Lipinski definition) is 10. The number of nitrogens with one attached hydrogen (secondary N) is 2. The second kappa shape index (κ2) is 15.9. The number of fused-ring (bicyclic) bond motifs is 1. The average Bonchev–Trinajstić information content (AvgIpc) is 3.72. The third-order valence-corrected chi connectivity index (χ3v) is 16.7. The van der Waals surface area contributed by atoms with Crippen LogP contribution in [0.2, 0.25) is 18.1 Å². The van der Waals surface area contributed by atoms with Gasteiger partial charge in [0.1, 0.15) is 28.6 Å². The number of rotatable bonds is 13. The molecule has 12 nitrogen and oxygen atoms in total. The maximum absolute atomic E-state index is 13.2. The first kappa shape index (κ1) is 40.2. The molecule has 1 amide bonds. The highest BCUT2D eigenvalue weighted by Crippen LogP contribution is 2.50. The molecule has 0 spiro atoms. The van der Waals surface area contributed by atoms with Crippen LogP contribution in [0.1, 0.15) is 56.7 Å². The number of carbonyl (C=O) groups is 1. The van der Waals surface area contributed by atoms with E-state index in [0.29, 0.717) is 11.5 Å². The topological polar surface area (TPSA) is 150 Å². The molecule has 3 N–H and O–H groups in total. The largest absolute Gasteiger partial charge is 0.497 e. The molecular weight excluding hydrogens is 735 g/mol. The molecule has 0 radical (unpaired) electrons. The molecule has 292 valence electrons. The predicted octanol–water partition coefficient (Wildman–Crippen LogP) is 7.11. The van der Waals surface area contributed by atoms with Crippen molar-refractivity contribution in [2.45, 2.75) is 81.2 Å². The van der Waals surface area contributed by atoms with Crippen molar-refractivity contribution in [2.24, 2.45) is 5.92 Å². The van der Waals surface area contributed by atoms with E-state index in [4.69, 9.17) is 18.6 Å². The van der Waals surface area contributed by atoms with Crippen LogP contribution in [0.15, 0.2) is 90.0 Å². The van der Waals surface area contributed by atoms with Gasteiger partial charge in [0.15, 0.2) is 19.5 Å². The monoisotopic (exact) mass is 785 g/mol. The molecule has 0 saturated carbocycles. The summed E-state index contributed by atoms with van der Waals surface area (Å²) in [5.41, 5.74) is 1.43. The maximum atomic E-state index is 13.2. The Morgan fingerprint density at radius 1 is 0.945 bits per heavy atom. The van der Waals surface area contributed by atoms with Gasteiger partial charge in [0, 0.05) is 5.92 Å². The van der Waals surface area contributed by atoms with Crippen LogP contribution in [-0.4, -0.2) is 77.1 Å². The van der Waals surface area contributed by atoms with Gasteiger partial charge in [-0.15, -0.1) is 11.8 Å². The number of aromatic amines is 1. The van der Waals surface area contributed by atoms with Gasteiger partial charge in [-0.1, -0.05) is 89.2 Å². The van der Waals surface area contributed by atoms with Gasteiger partial charge in [-0.2, -0.15) is 4.98 Å². The first-order valence-electron chi connectivity index (χ1n) is 18.4. The number of aliphatic hydroxyl groups is 1. The number of anilines is 1. The molecule has 1 aliphatic heterocycles. The lowest BCUT2D eigenvalue weighted by Crippen LogP contribution is -2.49. The number of benzene rings is 3. The van der Waals surface area contributed by atoms with Crippen LogP contribution in [0.5, 0.6) is 11.5 Å². The van der Waals surface area contributed by atoms with Crippen LogP contribution in [-0.2, 0) is 19.6 Å². The second-order valence-corrected chi connectivity index (χ2v) is 21.7. The molecule has 1 aliphatic rings. The number of carbonyl (C=O) groups excluding carboxylic acids is 1. The van der Waals surface area contributed by atoms with Crippen LogP contribution >= 0.6 is 11.8 Å². The summed E-state index contributed by atoms with van der Waals surface area (Å²) in [7, 11) is 0.795. The minimum atomic E-state index is -2.47. The minimum absolute atomic E-state index is 0.0230. The van der Waals surface area contributed by atoms with E-state index in [0.717, 1.165) is 16.7 Å². The zero-order valence-corrected chi connectivity index (χ0v) is 34.6. The Balaban J connectivity index is 1.44. The van der Waals surface area contributed by atoms with E-state index in [9.17, 15) is 14.7 Å². The van der Waals surface area contributed by atoms with E-state index >= 15 is 0 Å².